The summed E-state index contributed by atoms with van der Waals surface area (Å²) >= 11 is 0. The zero-order chi connectivity index (χ0) is 21.3. The first kappa shape index (κ1) is 20.8. The van der Waals surface area contributed by atoms with Gasteiger partial charge in [-0.25, -0.2) is 4.98 Å². The van der Waals surface area contributed by atoms with Crippen LogP contribution in [0.5, 0.6) is 11.6 Å². The normalized spacial score (nSPS) is 14.1. The molecule has 0 aliphatic rings. The van der Waals surface area contributed by atoms with Crippen molar-refractivity contribution in [3.63, 3.8) is 0 Å². The zero-order valence-corrected chi connectivity index (χ0v) is 16.0. The molecule has 0 unspecified atom stereocenters. The molecule has 1 aromatic carbocycles. The van der Waals surface area contributed by atoms with Crippen LogP contribution in [0.3, 0.4) is 0 Å². The molecule has 2 heterocycles. The quantitative estimate of drug-likeness (QED) is 0.404. The third kappa shape index (κ3) is 4.94. The van der Waals surface area contributed by atoms with E-state index in [1.165, 1.54) is 16.8 Å². The van der Waals surface area contributed by atoms with Crippen molar-refractivity contribution >= 4 is 10.2 Å². The summed E-state index contributed by atoms with van der Waals surface area (Å²) in [5.74, 6) is -0.0216. The van der Waals surface area contributed by atoms with Crippen LogP contribution in [-0.4, -0.2) is 9.55 Å². The minimum Gasteiger partial charge on any atom is -0.438 e. The Kier molecular flexibility index (Phi) is 4.73. The molecule has 3 rings (SSSR count). The smallest absolute Gasteiger partial charge is 0.310 e. The second kappa shape index (κ2) is 6.58. The summed E-state index contributed by atoms with van der Waals surface area (Å²) in [7, 11) is -9.74. The van der Waals surface area contributed by atoms with E-state index in [1.54, 1.807) is 24.4 Å². The first-order chi connectivity index (χ1) is 13.4. The van der Waals surface area contributed by atoms with Crippen molar-refractivity contribution in [3.8, 4) is 22.8 Å². The predicted molar refractivity (Wildman–Crippen MR) is 102 cm³/mol. The van der Waals surface area contributed by atoms with Gasteiger partial charge in [0, 0.05) is 36.1 Å². The SMILES string of the molecule is CCCn1cc(-c2cccnc2Oc2ccc(S(F)(F)(F)(F)F)cc2)ccc1=O. The monoisotopic (exact) mass is 432 g/mol. The van der Waals surface area contributed by atoms with E-state index < -0.39 is 15.1 Å². The van der Waals surface area contributed by atoms with Crippen molar-refractivity contribution in [1.82, 2.24) is 9.55 Å². The van der Waals surface area contributed by atoms with Crippen molar-refractivity contribution in [2.45, 2.75) is 24.8 Å². The maximum atomic E-state index is 12.8. The Bertz CT molecular complexity index is 1100. The lowest BCUT2D eigenvalue weighted by molar-refractivity contribution is 0.363. The predicted octanol–water partition coefficient (Wildman–Crippen LogP) is 6.77. The van der Waals surface area contributed by atoms with Gasteiger partial charge < -0.3 is 9.30 Å². The van der Waals surface area contributed by atoms with E-state index in [0.717, 1.165) is 18.6 Å². The molecule has 4 nitrogen and oxygen atoms in total. The van der Waals surface area contributed by atoms with Crippen molar-refractivity contribution in [1.29, 1.82) is 0 Å². The van der Waals surface area contributed by atoms with Gasteiger partial charge in [0.1, 0.15) is 10.6 Å². The number of halogens is 5. The van der Waals surface area contributed by atoms with Crippen molar-refractivity contribution in [2.24, 2.45) is 0 Å². The molecule has 0 amide bonds. The summed E-state index contributed by atoms with van der Waals surface area (Å²) in [6, 6.07) is 8.45. The van der Waals surface area contributed by atoms with Crippen LogP contribution in [0.2, 0.25) is 0 Å². The average Bonchev–Trinajstić information content (AvgIpc) is 2.63. The van der Waals surface area contributed by atoms with Gasteiger partial charge in [-0.05, 0) is 48.9 Å². The fraction of sp³-hybridized carbons (Fsp3) is 0.158. The molecule has 0 N–H and O–H groups in total. The zero-order valence-electron chi connectivity index (χ0n) is 15.2. The van der Waals surface area contributed by atoms with E-state index in [-0.39, 0.29) is 29.3 Å². The molecular formula is C19H17F5N2O2S. The van der Waals surface area contributed by atoms with Crippen LogP contribution in [0.1, 0.15) is 13.3 Å². The van der Waals surface area contributed by atoms with Crippen LogP contribution in [0.4, 0.5) is 19.4 Å². The third-order valence-electron chi connectivity index (χ3n) is 4.01. The third-order valence-corrected chi connectivity index (χ3v) is 5.18. The van der Waals surface area contributed by atoms with Gasteiger partial charge in [-0.1, -0.05) is 26.4 Å². The Labute approximate surface area is 163 Å². The van der Waals surface area contributed by atoms with Gasteiger partial charge in [-0.15, -0.1) is 0 Å². The van der Waals surface area contributed by atoms with Gasteiger partial charge in [0.2, 0.25) is 5.88 Å². The molecule has 0 saturated heterocycles. The number of nitrogens with zero attached hydrogens (tertiary/aromatic N) is 2. The van der Waals surface area contributed by atoms with Crippen molar-refractivity contribution < 1.29 is 24.2 Å². The molecule has 0 aliphatic carbocycles. The summed E-state index contributed by atoms with van der Waals surface area (Å²) in [5.41, 5.74) is 0.937. The molecule has 0 aliphatic heterocycles. The summed E-state index contributed by atoms with van der Waals surface area (Å²) < 4.78 is 71.3. The van der Waals surface area contributed by atoms with E-state index in [1.807, 2.05) is 6.92 Å². The summed E-state index contributed by atoms with van der Waals surface area (Å²) in [6.07, 6.45) is 3.80. The van der Waals surface area contributed by atoms with E-state index in [4.69, 9.17) is 4.74 Å². The standard InChI is InChI=1S/C19H17F5N2O2S/c1-2-12-26-13-14(5-10-18(26)27)17-4-3-11-25-19(17)28-15-6-8-16(9-7-15)29(20,21,22,23)24/h3-11,13H,2,12H2,1H3. The maximum Gasteiger partial charge on any atom is 0.310 e. The Hall–Kier alpha value is -2.88. The van der Waals surface area contributed by atoms with E-state index in [2.05, 4.69) is 4.98 Å². The lowest BCUT2D eigenvalue weighted by atomic mass is 10.1. The van der Waals surface area contributed by atoms with Gasteiger partial charge in [0.05, 0.1) is 0 Å². The number of hydrogen-bond donors (Lipinski definition) is 0. The van der Waals surface area contributed by atoms with Crippen LogP contribution < -0.4 is 10.3 Å². The molecule has 0 saturated carbocycles. The summed E-state index contributed by atoms with van der Waals surface area (Å²) in [5, 5.41) is 0. The molecule has 156 valence electrons. The Morgan fingerprint density at radius 1 is 1.00 bits per heavy atom. The van der Waals surface area contributed by atoms with E-state index in [0.29, 0.717) is 17.7 Å². The molecule has 0 fully saturated rings. The van der Waals surface area contributed by atoms with Gasteiger partial charge in [0.25, 0.3) is 5.56 Å². The second-order valence-corrected chi connectivity index (χ2v) is 8.76. The molecule has 0 radical (unpaired) electrons. The van der Waals surface area contributed by atoms with Gasteiger partial charge in [-0.2, -0.15) is 0 Å². The maximum absolute atomic E-state index is 12.8. The number of ether oxygens (including phenoxy) is 1. The fourth-order valence-corrected chi connectivity index (χ4v) is 3.33. The number of aromatic nitrogens is 2. The van der Waals surface area contributed by atoms with E-state index >= 15 is 0 Å². The molecule has 0 spiro atoms. The Balaban J connectivity index is 1.95. The lowest BCUT2D eigenvalue weighted by Gasteiger charge is -2.40. The number of aryl methyl sites for hydroxylation is 1. The van der Waals surface area contributed by atoms with Crippen LogP contribution in [0.15, 0.2) is 70.6 Å². The number of pyridine rings is 2. The van der Waals surface area contributed by atoms with E-state index in [9.17, 15) is 24.2 Å². The Morgan fingerprint density at radius 3 is 2.31 bits per heavy atom. The molecule has 0 bridgehead atoms. The van der Waals surface area contributed by atoms with Crippen molar-refractivity contribution in [3.05, 3.63) is 71.3 Å². The fourth-order valence-electron chi connectivity index (χ4n) is 2.67. The Morgan fingerprint density at radius 2 is 1.69 bits per heavy atom. The van der Waals surface area contributed by atoms with Crippen LogP contribution in [0, 0.1) is 0 Å². The average molecular weight is 432 g/mol. The van der Waals surface area contributed by atoms with Crippen LogP contribution in [0.25, 0.3) is 11.1 Å². The highest BCUT2D eigenvalue weighted by molar-refractivity contribution is 8.45. The number of benzene rings is 1. The van der Waals surface area contributed by atoms with Crippen LogP contribution >= 0.6 is 10.2 Å². The van der Waals surface area contributed by atoms with Crippen molar-refractivity contribution in [2.75, 3.05) is 0 Å². The highest BCUT2D eigenvalue weighted by atomic mass is 32.5. The van der Waals surface area contributed by atoms with Gasteiger partial charge >= 0.3 is 10.2 Å². The minimum absolute atomic E-state index is 0.0642. The lowest BCUT2D eigenvalue weighted by Crippen LogP contribution is -2.18. The first-order valence-corrected chi connectivity index (χ1v) is 10.5. The number of rotatable bonds is 6. The molecule has 29 heavy (non-hydrogen) atoms. The molecule has 0 atom stereocenters. The molecular weight excluding hydrogens is 415 g/mol. The summed E-state index contributed by atoms with van der Waals surface area (Å²) in [4.78, 5) is 14.0. The largest absolute Gasteiger partial charge is 0.438 e. The number of hydrogen-bond acceptors (Lipinski definition) is 3. The minimum atomic E-state index is -9.74. The second-order valence-electron chi connectivity index (χ2n) is 6.35. The van der Waals surface area contributed by atoms with Crippen LogP contribution in [-0.2, 0) is 6.54 Å². The molecule has 10 heteroatoms. The molecule has 2 aromatic heterocycles. The molecule has 3 aromatic rings. The highest BCUT2D eigenvalue weighted by Gasteiger charge is 2.65. The van der Waals surface area contributed by atoms with Gasteiger partial charge in [-0.3, -0.25) is 4.79 Å². The highest BCUT2D eigenvalue weighted by Crippen LogP contribution is 3.02. The topological polar surface area (TPSA) is 44.1 Å². The first-order valence-electron chi connectivity index (χ1n) is 8.55. The summed E-state index contributed by atoms with van der Waals surface area (Å²) in [6.45, 7) is 2.44. The van der Waals surface area contributed by atoms with Gasteiger partial charge in [0.15, 0.2) is 0 Å².